The summed E-state index contributed by atoms with van der Waals surface area (Å²) < 4.78 is 3.59. The molecule has 5 rings (SSSR count). The molecule has 0 aliphatic heterocycles. The Labute approximate surface area is 148 Å². The monoisotopic (exact) mass is 344 g/mol. The van der Waals surface area contributed by atoms with Crippen molar-refractivity contribution in [1.82, 2.24) is 39.2 Å². The predicted molar refractivity (Wildman–Crippen MR) is 96.0 cm³/mol. The third-order valence-electron chi connectivity index (χ3n) is 4.46. The van der Waals surface area contributed by atoms with Crippen molar-refractivity contribution in [1.29, 1.82) is 0 Å². The van der Waals surface area contributed by atoms with Crippen LogP contribution in [0.15, 0.2) is 36.8 Å². The molecule has 0 radical (unpaired) electrons. The third kappa shape index (κ3) is 2.30. The summed E-state index contributed by atoms with van der Waals surface area (Å²) in [4.78, 5) is 18.0. The van der Waals surface area contributed by atoms with Crippen LogP contribution in [0.3, 0.4) is 0 Å². The Hall–Kier alpha value is -3.42. The molecule has 0 bridgehead atoms. The fourth-order valence-electron chi connectivity index (χ4n) is 3.11. The molecule has 0 atom stereocenters. The van der Waals surface area contributed by atoms with Gasteiger partial charge in [-0.1, -0.05) is 0 Å². The lowest BCUT2D eigenvalue weighted by Crippen LogP contribution is -1.99. The second-order valence-electron chi connectivity index (χ2n) is 6.30. The first-order chi connectivity index (χ1) is 12.7. The van der Waals surface area contributed by atoms with Crippen LogP contribution in [0.5, 0.6) is 0 Å². The van der Waals surface area contributed by atoms with Crippen molar-refractivity contribution in [3.05, 3.63) is 59.8 Å². The van der Waals surface area contributed by atoms with Crippen LogP contribution < -0.4 is 0 Å². The summed E-state index contributed by atoms with van der Waals surface area (Å²) in [7, 11) is 0. The van der Waals surface area contributed by atoms with E-state index >= 15 is 0 Å². The Morgan fingerprint density at radius 1 is 0.923 bits per heavy atom. The summed E-state index contributed by atoms with van der Waals surface area (Å²) in [6.07, 6.45) is 6.85. The largest absolute Gasteiger partial charge is 0.256 e. The molecule has 0 aliphatic rings. The van der Waals surface area contributed by atoms with Gasteiger partial charge in [0.1, 0.15) is 5.82 Å². The molecule has 0 amide bonds. The molecular weight excluding hydrogens is 328 g/mol. The van der Waals surface area contributed by atoms with Crippen LogP contribution in [-0.2, 0) is 12.8 Å². The van der Waals surface area contributed by atoms with Crippen molar-refractivity contribution >= 4 is 22.2 Å². The first kappa shape index (κ1) is 14.9. The molecule has 0 N–H and O–H groups in total. The Kier molecular flexibility index (Phi) is 3.18. The van der Waals surface area contributed by atoms with Crippen LogP contribution in [-0.4, -0.2) is 39.2 Å². The molecule has 5 heterocycles. The van der Waals surface area contributed by atoms with Gasteiger partial charge in [0, 0.05) is 42.4 Å². The minimum Gasteiger partial charge on any atom is -0.256 e. The molecule has 8 heteroatoms. The SMILES string of the molecule is Cc1cnc(C)n2nc(CCc3nc4c5cccnc5ccn4n3)nc12. The van der Waals surface area contributed by atoms with Gasteiger partial charge in [0.2, 0.25) is 0 Å². The molecule has 5 aromatic heterocycles. The normalized spacial score (nSPS) is 11.8. The molecular formula is C18H16N8. The van der Waals surface area contributed by atoms with Gasteiger partial charge in [-0.3, -0.25) is 4.98 Å². The quantitative estimate of drug-likeness (QED) is 0.498. The number of aryl methyl sites for hydroxylation is 4. The topological polar surface area (TPSA) is 86.2 Å². The fraction of sp³-hybridized carbons (Fsp3) is 0.222. The lowest BCUT2D eigenvalue weighted by Gasteiger charge is -1.97. The number of rotatable bonds is 3. The maximum atomic E-state index is 4.68. The van der Waals surface area contributed by atoms with Gasteiger partial charge in [-0.15, -0.1) is 5.10 Å². The lowest BCUT2D eigenvalue weighted by atomic mass is 10.2. The van der Waals surface area contributed by atoms with E-state index in [9.17, 15) is 0 Å². The van der Waals surface area contributed by atoms with E-state index < -0.39 is 0 Å². The van der Waals surface area contributed by atoms with Crippen molar-refractivity contribution in [2.24, 2.45) is 0 Å². The van der Waals surface area contributed by atoms with E-state index in [1.807, 2.05) is 44.4 Å². The van der Waals surface area contributed by atoms with Gasteiger partial charge in [0.05, 0.1) is 5.52 Å². The summed E-state index contributed by atoms with van der Waals surface area (Å²) >= 11 is 0. The Morgan fingerprint density at radius 2 is 1.73 bits per heavy atom. The first-order valence-corrected chi connectivity index (χ1v) is 8.46. The van der Waals surface area contributed by atoms with Gasteiger partial charge < -0.3 is 0 Å². The van der Waals surface area contributed by atoms with Gasteiger partial charge in [-0.05, 0) is 32.0 Å². The number of nitrogens with zero attached hydrogens (tertiary/aromatic N) is 8. The Bertz CT molecular complexity index is 1230. The summed E-state index contributed by atoms with van der Waals surface area (Å²) in [6, 6.07) is 5.87. The van der Waals surface area contributed by atoms with E-state index in [1.165, 1.54) is 0 Å². The summed E-state index contributed by atoms with van der Waals surface area (Å²) in [5.74, 6) is 2.37. The van der Waals surface area contributed by atoms with Gasteiger partial charge in [0.15, 0.2) is 22.9 Å². The van der Waals surface area contributed by atoms with Gasteiger partial charge in [-0.2, -0.15) is 9.61 Å². The first-order valence-electron chi connectivity index (χ1n) is 8.46. The van der Waals surface area contributed by atoms with Crippen LogP contribution in [0.4, 0.5) is 0 Å². The summed E-state index contributed by atoms with van der Waals surface area (Å²) in [5.41, 5.74) is 3.61. The van der Waals surface area contributed by atoms with Crippen LogP contribution in [0, 0.1) is 13.8 Å². The second kappa shape index (κ2) is 5.55. The maximum Gasteiger partial charge on any atom is 0.164 e. The van der Waals surface area contributed by atoms with Crippen molar-refractivity contribution in [2.75, 3.05) is 0 Å². The van der Waals surface area contributed by atoms with Crippen LogP contribution in [0.25, 0.3) is 22.2 Å². The molecule has 0 fully saturated rings. The highest BCUT2D eigenvalue weighted by molar-refractivity contribution is 5.90. The number of hydrogen-bond acceptors (Lipinski definition) is 6. The molecule has 8 nitrogen and oxygen atoms in total. The zero-order valence-corrected chi connectivity index (χ0v) is 14.5. The van der Waals surface area contributed by atoms with Gasteiger partial charge in [0.25, 0.3) is 0 Å². The molecule has 5 aromatic rings. The number of fused-ring (bicyclic) bond motifs is 4. The lowest BCUT2D eigenvalue weighted by molar-refractivity contribution is 0.774. The highest BCUT2D eigenvalue weighted by atomic mass is 15.3. The third-order valence-corrected chi connectivity index (χ3v) is 4.46. The van der Waals surface area contributed by atoms with E-state index in [0.29, 0.717) is 12.8 Å². The average Bonchev–Trinajstić information content (AvgIpc) is 3.28. The molecule has 128 valence electrons. The highest BCUT2D eigenvalue weighted by Crippen LogP contribution is 2.16. The standard InChI is InChI=1S/C18H16N8/c1-11-10-20-12(2)26-17(11)21-16(24-26)6-5-15-22-18-13-4-3-8-19-14(13)7-9-25(18)23-15/h3-4,7-10H,5-6H2,1-2H3. The predicted octanol–water partition coefficient (Wildman–Crippen LogP) is 2.12. The molecule has 0 saturated carbocycles. The molecule has 26 heavy (non-hydrogen) atoms. The molecule has 0 aliphatic carbocycles. The van der Waals surface area contributed by atoms with Crippen molar-refractivity contribution in [3.8, 4) is 0 Å². The van der Waals surface area contributed by atoms with E-state index in [1.54, 1.807) is 15.2 Å². The van der Waals surface area contributed by atoms with E-state index in [4.69, 9.17) is 0 Å². The van der Waals surface area contributed by atoms with E-state index in [-0.39, 0.29) is 0 Å². The number of pyridine rings is 2. The van der Waals surface area contributed by atoms with Crippen LogP contribution in [0.2, 0.25) is 0 Å². The maximum absolute atomic E-state index is 4.68. The van der Waals surface area contributed by atoms with Crippen LogP contribution >= 0.6 is 0 Å². The smallest absolute Gasteiger partial charge is 0.164 e. The zero-order chi connectivity index (χ0) is 17.7. The Morgan fingerprint density at radius 3 is 2.58 bits per heavy atom. The van der Waals surface area contributed by atoms with Crippen molar-refractivity contribution in [3.63, 3.8) is 0 Å². The second-order valence-corrected chi connectivity index (χ2v) is 6.30. The van der Waals surface area contributed by atoms with E-state index in [0.717, 1.165) is 45.2 Å². The minimum absolute atomic E-state index is 0.672. The molecule has 0 spiro atoms. The molecule has 0 aromatic carbocycles. The fourth-order valence-corrected chi connectivity index (χ4v) is 3.11. The van der Waals surface area contributed by atoms with E-state index in [2.05, 4.69) is 30.1 Å². The molecule has 0 saturated heterocycles. The van der Waals surface area contributed by atoms with Crippen LogP contribution in [0.1, 0.15) is 23.0 Å². The highest BCUT2D eigenvalue weighted by Gasteiger charge is 2.12. The van der Waals surface area contributed by atoms with Crippen molar-refractivity contribution in [2.45, 2.75) is 26.7 Å². The Balaban J connectivity index is 1.47. The average molecular weight is 344 g/mol. The van der Waals surface area contributed by atoms with Crippen molar-refractivity contribution < 1.29 is 0 Å². The number of aromatic nitrogens is 8. The molecule has 0 unspecified atom stereocenters. The zero-order valence-electron chi connectivity index (χ0n) is 14.5. The summed E-state index contributed by atoms with van der Waals surface area (Å²) in [5, 5.41) is 10.1. The number of hydrogen-bond donors (Lipinski definition) is 0. The van der Waals surface area contributed by atoms with Gasteiger partial charge >= 0.3 is 0 Å². The summed E-state index contributed by atoms with van der Waals surface area (Å²) in [6.45, 7) is 3.91. The van der Waals surface area contributed by atoms with Gasteiger partial charge in [-0.25, -0.2) is 19.5 Å². The minimum atomic E-state index is 0.672.